The first-order valence-corrected chi connectivity index (χ1v) is 6.76. The van der Waals surface area contributed by atoms with Gasteiger partial charge in [-0.15, -0.1) is 0 Å². The van der Waals surface area contributed by atoms with Gasteiger partial charge in [0.25, 0.3) is 0 Å². The Morgan fingerprint density at radius 3 is 2.65 bits per heavy atom. The zero-order valence-electron chi connectivity index (χ0n) is 12.2. The first-order valence-electron chi connectivity index (χ1n) is 6.76. The quantitative estimate of drug-likeness (QED) is 0.873. The molecular formula is C17H21NO2. The standard InChI is InChI=1S/C17H21NO2/c1-12-5-4-6-14(9-12)13(2)18-11-15-7-8-16(20-3)10-17(15)19/h4-10,13,18-19H,11H2,1-3H3/t13-/m1/s1. The summed E-state index contributed by atoms with van der Waals surface area (Å²) in [6, 6.07) is 14.0. The summed E-state index contributed by atoms with van der Waals surface area (Å²) in [6.45, 7) is 4.83. The van der Waals surface area contributed by atoms with Gasteiger partial charge in [0, 0.05) is 24.2 Å². The number of methoxy groups -OCH3 is 1. The van der Waals surface area contributed by atoms with E-state index in [1.54, 1.807) is 13.2 Å². The van der Waals surface area contributed by atoms with Crippen LogP contribution in [0.15, 0.2) is 42.5 Å². The van der Waals surface area contributed by atoms with Crippen LogP contribution in [0.2, 0.25) is 0 Å². The minimum atomic E-state index is 0.233. The fourth-order valence-corrected chi connectivity index (χ4v) is 2.14. The van der Waals surface area contributed by atoms with Gasteiger partial charge in [0.15, 0.2) is 0 Å². The predicted octanol–water partition coefficient (Wildman–Crippen LogP) is 3.56. The van der Waals surface area contributed by atoms with Gasteiger partial charge in [-0.25, -0.2) is 0 Å². The first-order chi connectivity index (χ1) is 9.60. The van der Waals surface area contributed by atoms with E-state index in [2.05, 4.69) is 43.4 Å². The molecule has 2 rings (SSSR count). The second-order valence-electron chi connectivity index (χ2n) is 5.01. The van der Waals surface area contributed by atoms with E-state index in [0.29, 0.717) is 12.3 Å². The minimum absolute atomic E-state index is 0.233. The molecule has 0 saturated heterocycles. The molecule has 0 radical (unpaired) electrons. The molecule has 1 atom stereocenters. The number of phenols is 1. The summed E-state index contributed by atoms with van der Waals surface area (Å²) in [7, 11) is 1.59. The molecule has 3 nitrogen and oxygen atoms in total. The molecule has 0 spiro atoms. The van der Waals surface area contributed by atoms with Crippen LogP contribution in [0.3, 0.4) is 0 Å². The molecule has 2 N–H and O–H groups in total. The third-order valence-corrected chi connectivity index (χ3v) is 3.43. The second-order valence-corrected chi connectivity index (χ2v) is 5.01. The van der Waals surface area contributed by atoms with E-state index in [0.717, 1.165) is 5.56 Å². The van der Waals surface area contributed by atoms with E-state index >= 15 is 0 Å². The number of hydrogen-bond donors (Lipinski definition) is 2. The summed E-state index contributed by atoms with van der Waals surface area (Å²) < 4.78 is 5.08. The van der Waals surface area contributed by atoms with Crippen LogP contribution in [-0.2, 0) is 6.54 Å². The highest BCUT2D eigenvalue weighted by Crippen LogP contribution is 2.24. The number of phenolic OH excluding ortho intramolecular Hbond substituents is 1. The second kappa shape index (κ2) is 6.44. The van der Waals surface area contributed by atoms with Crippen LogP contribution in [0.1, 0.15) is 29.7 Å². The molecule has 0 bridgehead atoms. The SMILES string of the molecule is COc1ccc(CN[C@H](C)c2cccc(C)c2)c(O)c1. The van der Waals surface area contributed by atoms with Gasteiger partial charge in [0.1, 0.15) is 11.5 Å². The van der Waals surface area contributed by atoms with E-state index in [-0.39, 0.29) is 11.8 Å². The van der Waals surface area contributed by atoms with E-state index in [4.69, 9.17) is 4.74 Å². The molecule has 0 saturated carbocycles. The zero-order chi connectivity index (χ0) is 14.5. The maximum atomic E-state index is 9.93. The number of rotatable bonds is 5. The molecule has 0 aliphatic rings. The van der Waals surface area contributed by atoms with Gasteiger partial charge in [-0.1, -0.05) is 35.9 Å². The monoisotopic (exact) mass is 271 g/mol. The van der Waals surface area contributed by atoms with Crippen LogP contribution in [0.5, 0.6) is 11.5 Å². The van der Waals surface area contributed by atoms with E-state index in [9.17, 15) is 5.11 Å². The van der Waals surface area contributed by atoms with Crippen molar-refractivity contribution in [3.8, 4) is 11.5 Å². The van der Waals surface area contributed by atoms with Gasteiger partial charge in [0.2, 0.25) is 0 Å². The Balaban J connectivity index is 2.01. The highest BCUT2D eigenvalue weighted by atomic mass is 16.5. The maximum absolute atomic E-state index is 9.93. The molecule has 2 aromatic carbocycles. The number of hydrogen-bond acceptors (Lipinski definition) is 3. The summed E-state index contributed by atoms with van der Waals surface area (Å²) in [6.07, 6.45) is 0. The largest absolute Gasteiger partial charge is 0.507 e. The summed E-state index contributed by atoms with van der Waals surface area (Å²) >= 11 is 0. The lowest BCUT2D eigenvalue weighted by atomic mass is 10.1. The molecule has 2 aromatic rings. The molecule has 0 unspecified atom stereocenters. The van der Waals surface area contributed by atoms with Crippen LogP contribution >= 0.6 is 0 Å². The first kappa shape index (κ1) is 14.4. The Morgan fingerprint density at radius 2 is 2.00 bits per heavy atom. The third kappa shape index (κ3) is 3.52. The van der Waals surface area contributed by atoms with Gasteiger partial charge in [-0.05, 0) is 25.5 Å². The van der Waals surface area contributed by atoms with Crippen molar-refractivity contribution < 1.29 is 9.84 Å². The average Bonchev–Trinajstić information content (AvgIpc) is 2.45. The van der Waals surface area contributed by atoms with Crippen LogP contribution in [0.4, 0.5) is 0 Å². The van der Waals surface area contributed by atoms with Crippen LogP contribution in [0.25, 0.3) is 0 Å². The van der Waals surface area contributed by atoms with E-state index in [1.165, 1.54) is 11.1 Å². The number of benzene rings is 2. The molecule has 0 fully saturated rings. The Hall–Kier alpha value is -2.00. The molecule has 0 aliphatic carbocycles. The highest BCUT2D eigenvalue weighted by molar-refractivity contribution is 5.39. The Labute approximate surface area is 120 Å². The van der Waals surface area contributed by atoms with Crippen LogP contribution in [-0.4, -0.2) is 12.2 Å². The van der Waals surface area contributed by atoms with Crippen molar-refractivity contribution in [3.05, 3.63) is 59.2 Å². The van der Waals surface area contributed by atoms with Gasteiger partial charge in [-0.2, -0.15) is 0 Å². The normalized spacial score (nSPS) is 12.2. The average molecular weight is 271 g/mol. The lowest BCUT2D eigenvalue weighted by molar-refractivity contribution is 0.405. The molecule has 0 aliphatic heterocycles. The van der Waals surface area contributed by atoms with Crippen molar-refractivity contribution in [2.75, 3.05) is 7.11 Å². The minimum Gasteiger partial charge on any atom is -0.507 e. The predicted molar refractivity (Wildman–Crippen MR) is 81.1 cm³/mol. The summed E-state index contributed by atoms with van der Waals surface area (Å²) in [5, 5.41) is 13.3. The van der Waals surface area contributed by atoms with Gasteiger partial charge >= 0.3 is 0 Å². The molecule has 0 heterocycles. The van der Waals surface area contributed by atoms with Crippen molar-refractivity contribution in [2.24, 2.45) is 0 Å². The Kier molecular flexibility index (Phi) is 4.64. The van der Waals surface area contributed by atoms with Gasteiger partial charge in [0.05, 0.1) is 7.11 Å². The van der Waals surface area contributed by atoms with Gasteiger partial charge < -0.3 is 15.2 Å². The Morgan fingerprint density at radius 1 is 1.20 bits per heavy atom. The lowest BCUT2D eigenvalue weighted by Crippen LogP contribution is -2.18. The molecule has 20 heavy (non-hydrogen) atoms. The molecule has 3 heteroatoms. The van der Waals surface area contributed by atoms with Crippen molar-refractivity contribution in [2.45, 2.75) is 26.4 Å². The number of ether oxygens (including phenoxy) is 1. The van der Waals surface area contributed by atoms with Crippen molar-refractivity contribution in [1.29, 1.82) is 0 Å². The number of aromatic hydroxyl groups is 1. The zero-order valence-corrected chi connectivity index (χ0v) is 12.2. The third-order valence-electron chi connectivity index (χ3n) is 3.43. The van der Waals surface area contributed by atoms with Crippen LogP contribution < -0.4 is 10.1 Å². The number of aryl methyl sites for hydroxylation is 1. The molecular weight excluding hydrogens is 250 g/mol. The Bertz CT molecular complexity index is 581. The summed E-state index contributed by atoms with van der Waals surface area (Å²) in [5.74, 6) is 0.922. The van der Waals surface area contributed by atoms with Crippen molar-refractivity contribution in [1.82, 2.24) is 5.32 Å². The maximum Gasteiger partial charge on any atom is 0.123 e. The van der Waals surface area contributed by atoms with Crippen molar-refractivity contribution in [3.63, 3.8) is 0 Å². The van der Waals surface area contributed by atoms with E-state index in [1.807, 2.05) is 12.1 Å². The van der Waals surface area contributed by atoms with Gasteiger partial charge in [-0.3, -0.25) is 0 Å². The van der Waals surface area contributed by atoms with Crippen LogP contribution in [0, 0.1) is 6.92 Å². The fraction of sp³-hybridized carbons (Fsp3) is 0.294. The molecule has 0 amide bonds. The lowest BCUT2D eigenvalue weighted by Gasteiger charge is -2.15. The summed E-state index contributed by atoms with van der Waals surface area (Å²) in [4.78, 5) is 0. The van der Waals surface area contributed by atoms with Crippen molar-refractivity contribution >= 4 is 0 Å². The van der Waals surface area contributed by atoms with E-state index < -0.39 is 0 Å². The summed E-state index contributed by atoms with van der Waals surface area (Å²) in [5.41, 5.74) is 3.37. The highest BCUT2D eigenvalue weighted by Gasteiger charge is 2.07. The molecule has 0 aromatic heterocycles. The fourth-order valence-electron chi connectivity index (χ4n) is 2.14. The smallest absolute Gasteiger partial charge is 0.123 e. The topological polar surface area (TPSA) is 41.5 Å². The molecule has 106 valence electrons. The number of nitrogens with one attached hydrogen (secondary N) is 1.